The SMILES string of the molecule is CCCSc1nc2n(n1)C(c1ccc(OCc3ccc(C(C)(C)C)cc3)c(OC)c1)C(C(=O)Nc1ccccc1)=C(C)N2. The molecule has 9 heteroatoms. The van der Waals surface area contributed by atoms with E-state index < -0.39 is 6.04 Å². The van der Waals surface area contributed by atoms with Crippen molar-refractivity contribution in [2.75, 3.05) is 23.5 Å². The Balaban J connectivity index is 1.46. The van der Waals surface area contributed by atoms with Gasteiger partial charge in [-0.1, -0.05) is 88.0 Å². The predicted octanol–water partition coefficient (Wildman–Crippen LogP) is 7.59. The number of nitrogens with zero attached hydrogens (tertiary/aromatic N) is 3. The Bertz CT molecular complexity index is 1610. The Labute approximate surface area is 257 Å². The van der Waals surface area contributed by atoms with Crippen LogP contribution in [0.4, 0.5) is 11.6 Å². The lowest BCUT2D eigenvalue weighted by Crippen LogP contribution is -2.31. The number of allylic oxidation sites excluding steroid dienone is 1. The summed E-state index contributed by atoms with van der Waals surface area (Å²) in [5.41, 5.74) is 5.24. The number of anilines is 2. The van der Waals surface area contributed by atoms with Crippen LogP contribution in [0.1, 0.15) is 63.8 Å². The minimum absolute atomic E-state index is 0.0934. The quantitative estimate of drug-likeness (QED) is 0.182. The van der Waals surface area contributed by atoms with Crippen molar-refractivity contribution in [3.05, 3.63) is 101 Å². The Morgan fingerprint density at radius 1 is 1.05 bits per heavy atom. The van der Waals surface area contributed by atoms with E-state index in [1.165, 1.54) is 5.56 Å². The van der Waals surface area contributed by atoms with Crippen LogP contribution in [0.25, 0.3) is 0 Å². The number of rotatable bonds is 10. The van der Waals surface area contributed by atoms with E-state index in [9.17, 15) is 4.79 Å². The van der Waals surface area contributed by atoms with Crippen LogP contribution in [0, 0.1) is 0 Å². The molecule has 1 amide bonds. The second-order valence-electron chi connectivity index (χ2n) is 11.5. The van der Waals surface area contributed by atoms with Gasteiger partial charge >= 0.3 is 0 Å². The molecule has 224 valence electrons. The minimum Gasteiger partial charge on any atom is -0.493 e. The van der Waals surface area contributed by atoms with Crippen LogP contribution in [-0.2, 0) is 16.8 Å². The fourth-order valence-corrected chi connectivity index (χ4v) is 5.63. The van der Waals surface area contributed by atoms with Gasteiger partial charge in [-0.15, -0.1) is 5.10 Å². The molecule has 2 heterocycles. The number of aromatic nitrogens is 3. The van der Waals surface area contributed by atoms with Gasteiger partial charge < -0.3 is 20.1 Å². The molecular weight excluding hydrogens is 558 g/mol. The summed E-state index contributed by atoms with van der Waals surface area (Å²) in [5, 5.41) is 11.8. The van der Waals surface area contributed by atoms with Gasteiger partial charge in [-0.2, -0.15) is 4.98 Å². The van der Waals surface area contributed by atoms with Gasteiger partial charge in [-0.3, -0.25) is 4.79 Å². The summed E-state index contributed by atoms with van der Waals surface area (Å²) >= 11 is 1.59. The number of benzene rings is 3. The molecular formula is C34H39N5O3S. The van der Waals surface area contributed by atoms with Crippen molar-refractivity contribution in [2.24, 2.45) is 0 Å². The van der Waals surface area contributed by atoms with Gasteiger partial charge in [0.25, 0.3) is 5.91 Å². The molecule has 1 aliphatic heterocycles. The highest BCUT2D eigenvalue weighted by atomic mass is 32.2. The molecule has 43 heavy (non-hydrogen) atoms. The van der Waals surface area contributed by atoms with Crippen molar-refractivity contribution in [1.29, 1.82) is 0 Å². The Hall–Kier alpha value is -4.24. The van der Waals surface area contributed by atoms with Crippen molar-refractivity contribution >= 4 is 29.3 Å². The lowest BCUT2D eigenvalue weighted by molar-refractivity contribution is -0.113. The first-order valence-electron chi connectivity index (χ1n) is 14.5. The zero-order valence-corrected chi connectivity index (χ0v) is 26.4. The van der Waals surface area contributed by atoms with Crippen LogP contribution in [-0.4, -0.2) is 33.5 Å². The fourth-order valence-electron chi connectivity index (χ4n) is 4.94. The van der Waals surface area contributed by atoms with Crippen molar-refractivity contribution in [2.45, 2.75) is 64.3 Å². The van der Waals surface area contributed by atoms with Gasteiger partial charge in [0.15, 0.2) is 11.5 Å². The van der Waals surface area contributed by atoms with E-state index in [0.717, 1.165) is 23.3 Å². The second-order valence-corrected chi connectivity index (χ2v) is 12.6. The molecule has 1 aliphatic rings. The third kappa shape index (κ3) is 6.88. The van der Waals surface area contributed by atoms with E-state index in [4.69, 9.17) is 19.6 Å². The summed E-state index contributed by atoms with van der Waals surface area (Å²) in [6.07, 6.45) is 1.01. The van der Waals surface area contributed by atoms with Gasteiger partial charge in [0, 0.05) is 17.1 Å². The largest absolute Gasteiger partial charge is 0.493 e. The molecule has 0 fully saturated rings. The summed E-state index contributed by atoms with van der Waals surface area (Å²) < 4.78 is 13.8. The average Bonchev–Trinajstić information content (AvgIpc) is 3.40. The van der Waals surface area contributed by atoms with E-state index in [2.05, 4.69) is 62.6 Å². The molecule has 1 atom stereocenters. The zero-order valence-electron chi connectivity index (χ0n) is 25.6. The van der Waals surface area contributed by atoms with E-state index in [1.807, 2.05) is 55.5 Å². The average molecular weight is 598 g/mol. The van der Waals surface area contributed by atoms with Crippen LogP contribution in [0.5, 0.6) is 11.5 Å². The number of thioether (sulfide) groups is 1. The minimum atomic E-state index is -0.531. The van der Waals surface area contributed by atoms with Gasteiger partial charge in [0.1, 0.15) is 12.6 Å². The number of hydrogen-bond acceptors (Lipinski definition) is 7. The molecule has 2 N–H and O–H groups in total. The van der Waals surface area contributed by atoms with Crippen LogP contribution >= 0.6 is 11.8 Å². The maximum absolute atomic E-state index is 13.8. The number of amides is 1. The normalized spacial score (nSPS) is 14.6. The molecule has 1 aromatic heterocycles. The summed E-state index contributed by atoms with van der Waals surface area (Å²) in [5.74, 6) is 2.47. The monoisotopic (exact) mass is 597 g/mol. The first-order valence-corrected chi connectivity index (χ1v) is 15.5. The molecule has 1 unspecified atom stereocenters. The number of carbonyl (C=O) groups is 1. The summed E-state index contributed by atoms with van der Waals surface area (Å²) in [4.78, 5) is 18.5. The molecule has 0 aliphatic carbocycles. The second kappa shape index (κ2) is 13.0. The maximum Gasteiger partial charge on any atom is 0.255 e. The molecule has 5 rings (SSSR count). The van der Waals surface area contributed by atoms with Gasteiger partial charge in [0.05, 0.1) is 12.7 Å². The predicted molar refractivity (Wildman–Crippen MR) is 173 cm³/mol. The number of hydrogen-bond donors (Lipinski definition) is 2. The van der Waals surface area contributed by atoms with Crippen molar-refractivity contribution in [3.63, 3.8) is 0 Å². The standard InChI is InChI=1S/C34H39N5O3S/c1-7-19-43-33-37-32-35-22(2)29(31(40)36-26-11-9-8-10-12-26)30(39(32)38-33)24-15-18-27(28(20-24)41-6)42-21-23-13-16-25(17-14-23)34(3,4)5/h8-18,20,30H,7,19,21H2,1-6H3,(H,36,40)(H,35,37,38). The van der Waals surface area contributed by atoms with Crippen molar-refractivity contribution in [3.8, 4) is 11.5 Å². The number of ether oxygens (including phenoxy) is 2. The summed E-state index contributed by atoms with van der Waals surface area (Å²) in [6.45, 7) is 11.0. The molecule has 0 spiro atoms. The lowest BCUT2D eigenvalue weighted by Gasteiger charge is -2.29. The zero-order chi connectivity index (χ0) is 30.6. The number of carbonyl (C=O) groups excluding carboxylic acids is 1. The lowest BCUT2D eigenvalue weighted by atomic mass is 9.87. The number of fused-ring (bicyclic) bond motifs is 1. The molecule has 0 radical (unpaired) electrons. The number of nitrogens with one attached hydrogen (secondary N) is 2. The molecule has 4 aromatic rings. The molecule has 0 saturated carbocycles. The van der Waals surface area contributed by atoms with Crippen LogP contribution in [0.3, 0.4) is 0 Å². The topological polar surface area (TPSA) is 90.3 Å². The maximum atomic E-state index is 13.8. The third-order valence-corrected chi connectivity index (χ3v) is 8.31. The molecule has 3 aromatic carbocycles. The van der Waals surface area contributed by atoms with Crippen LogP contribution in [0.2, 0.25) is 0 Å². The Kier molecular flexibility index (Phi) is 9.11. The summed E-state index contributed by atoms with van der Waals surface area (Å²) in [7, 11) is 1.62. The molecule has 0 bridgehead atoms. The smallest absolute Gasteiger partial charge is 0.255 e. The van der Waals surface area contributed by atoms with Crippen molar-refractivity contribution in [1.82, 2.24) is 14.8 Å². The fraction of sp³-hybridized carbons (Fsp3) is 0.324. The molecule has 0 saturated heterocycles. The van der Waals surface area contributed by atoms with E-state index in [-0.39, 0.29) is 11.3 Å². The Morgan fingerprint density at radius 3 is 2.47 bits per heavy atom. The first-order chi connectivity index (χ1) is 20.7. The van der Waals surface area contributed by atoms with Crippen molar-refractivity contribution < 1.29 is 14.3 Å². The van der Waals surface area contributed by atoms with Gasteiger partial charge in [0.2, 0.25) is 11.1 Å². The summed E-state index contributed by atoms with van der Waals surface area (Å²) in [6, 6.07) is 23.2. The number of para-hydroxylation sites is 1. The van der Waals surface area contributed by atoms with Gasteiger partial charge in [-0.25, -0.2) is 4.68 Å². The van der Waals surface area contributed by atoms with Crippen LogP contribution < -0.4 is 20.1 Å². The van der Waals surface area contributed by atoms with E-state index >= 15 is 0 Å². The van der Waals surface area contributed by atoms with E-state index in [0.29, 0.717) is 46.2 Å². The highest BCUT2D eigenvalue weighted by molar-refractivity contribution is 7.99. The highest BCUT2D eigenvalue weighted by Gasteiger charge is 2.35. The van der Waals surface area contributed by atoms with E-state index in [1.54, 1.807) is 23.6 Å². The number of methoxy groups -OCH3 is 1. The molecule has 8 nitrogen and oxygen atoms in total. The van der Waals surface area contributed by atoms with Gasteiger partial charge in [-0.05, 0) is 59.7 Å². The third-order valence-electron chi connectivity index (χ3n) is 7.26. The van der Waals surface area contributed by atoms with Crippen LogP contribution in [0.15, 0.2) is 89.2 Å². The Morgan fingerprint density at radius 2 is 1.79 bits per heavy atom. The first kappa shape index (κ1) is 30.2. The highest BCUT2D eigenvalue weighted by Crippen LogP contribution is 2.40.